The number of nitrogens with one attached hydrogen (secondary N) is 1. The van der Waals surface area contributed by atoms with Gasteiger partial charge in [-0.1, -0.05) is 60.5 Å². The highest BCUT2D eigenvalue weighted by atomic mass is 16.1. The predicted molar refractivity (Wildman–Crippen MR) is 115 cm³/mol. The standard InChI is InChI=1S/C24H23N3O/c1-2-16-27(17-19-8-4-3-5-9-19)18-20-12-14-21(15-13-20)24(28)26-23-11-7-6-10-22(23)25/h1,3-15H,16-18,25H2,(H,26,28). The van der Waals surface area contributed by atoms with Crippen molar-refractivity contribution in [2.75, 3.05) is 17.6 Å². The number of nitrogens with two attached hydrogens (primary N) is 1. The van der Waals surface area contributed by atoms with Gasteiger partial charge in [-0.15, -0.1) is 6.42 Å². The Morgan fingerprint density at radius 1 is 0.893 bits per heavy atom. The largest absolute Gasteiger partial charge is 0.397 e. The fraction of sp³-hybridized carbons (Fsp3) is 0.125. The van der Waals surface area contributed by atoms with Crippen LogP contribution in [0.5, 0.6) is 0 Å². The molecule has 4 nitrogen and oxygen atoms in total. The van der Waals surface area contributed by atoms with Crippen LogP contribution < -0.4 is 11.1 Å². The maximum atomic E-state index is 12.4. The van der Waals surface area contributed by atoms with Gasteiger partial charge in [0.25, 0.3) is 5.91 Å². The van der Waals surface area contributed by atoms with E-state index in [0.29, 0.717) is 30.0 Å². The van der Waals surface area contributed by atoms with Crippen LogP contribution in [-0.2, 0) is 13.1 Å². The van der Waals surface area contributed by atoms with Crippen molar-refractivity contribution in [1.82, 2.24) is 4.90 Å². The third kappa shape index (κ3) is 5.23. The Balaban J connectivity index is 1.65. The van der Waals surface area contributed by atoms with Gasteiger partial charge in [0.05, 0.1) is 17.9 Å². The summed E-state index contributed by atoms with van der Waals surface area (Å²) in [7, 11) is 0. The molecule has 0 heterocycles. The molecule has 0 unspecified atom stereocenters. The molecule has 28 heavy (non-hydrogen) atoms. The summed E-state index contributed by atoms with van der Waals surface area (Å²) >= 11 is 0. The van der Waals surface area contributed by atoms with Crippen molar-refractivity contribution in [2.45, 2.75) is 13.1 Å². The van der Waals surface area contributed by atoms with E-state index in [9.17, 15) is 4.79 Å². The van der Waals surface area contributed by atoms with E-state index in [1.807, 2.05) is 54.6 Å². The van der Waals surface area contributed by atoms with Crippen LogP contribution in [0.3, 0.4) is 0 Å². The lowest BCUT2D eigenvalue weighted by atomic mass is 10.1. The zero-order valence-electron chi connectivity index (χ0n) is 15.6. The fourth-order valence-electron chi connectivity index (χ4n) is 2.96. The van der Waals surface area contributed by atoms with E-state index in [1.165, 1.54) is 5.56 Å². The number of hydrogen-bond donors (Lipinski definition) is 2. The van der Waals surface area contributed by atoms with Gasteiger partial charge >= 0.3 is 0 Å². The molecular formula is C24H23N3O. The third-order valence-electron chi connectivity index (χ3n) is 4.40. The van der Waals surface area contributed by atoms with Gasteiger partial charge in [-0.3, -0.25) is 9.69 Å². The summed E-state index contributed by atoms with van der Waals surface area (Å²) in [6, 6.07) is 25.0. The van der Waals surface area contributed by atoms with Gasteiger partial charge < -0.3 is 11.1 Å². The van der Waals surface area contributed by atoms with Crippen molar-refractivity contribution < 1.29 is 4.79 Å². The average Bonchev–Trinajstić information content (AvgIpc) is 2.71. The number of para-hydroxylation sites is 2. The molecule has 140 valence electrons. The van der Waals surface area contributed by atoms with Crippen LogP contribution in [-0.4, -0.2) is 17.4 Å². The van der Waals surface area contributed by atoms with Gasteiger partial charge in [-0.05, 0) is 35.4 Å². The molecule has 0 radical (unpaired) electrons. The number of carbonyl (C=O) groups is 1. The summed E-state index contributed by atoms with van der Waals surface area (Å²) in [6.45, 7) is 2.05. The first-order valence-corrected chi connectivity index (χ1v) is 9.10. The minimum atomic E-state index is -0.186. The highest BCUT2D eigenvalue weighted by Crippen LogP contribution is 2.18. The van der Waals surface area contributed by atoms with Crippen LogP contribution in [0.25, 0.3) is 0 Å². The van der Waals surface area contributed by atoms with Crippen molar-refractivity contribution in [1.29, 1.82) is 0 Å². The van der Waals surface area contributed by atoms with Crippen LogP contribution in [0.1, 0.15) is 21.5 Å². The highest BCUT2D eigenvalue weighted by Gasteiger charge is 2.10. The van der Waals surface area contributed by atoms with Crippen LogP contribution in [0.4, 0.5) is 11.4 Å². The van der Waals surface area contributed by atoms with Gasteiger partial charge in [0.2, 0.25) is 0 Å². The highest BCUT2D eigenvalue weighted by molar-refractivity contribution is 6.05. The number of nitrogen functional groups attached to an aromatic ring is 1. The Labute approximate surface area is 166 Å². The molecule has 4 heteroatoms. The molecule has 0 saturated heterocycles. The van der Waals surface area contributed by atoms with Crippen LogP contribution in [0, 0.1) is 12.3 Å². The lowest BCUT2D eigenvalue weighted by molar-refractivity contribution is 0.102. The minimum absolute atomic E-state index is 0.186. The zero-order valence-corrected chi connectivity index (χ0v) is 15.6. The van der Waals surface area contributed by atoms with E-state index < -0.39 is 0 Å². The van der Waals surface area contributed by atoms with E-state index >= 15 is 0 Å². The number of rotatable bonds is 7. The van der Waals surface area contributed by atoms with Crippen LogP contribution >= 0.6 is 0 Å². The Morgan fingerprint density at radius 2 is 1.50 bits per heavy atom. The summed E-state index contributed by atoms with van der Waals surface area (Å²) in [4.78, 5) is 14.6. The number of terminal acetylenes is 1. The summed E-state index contributed by atoms with van der Waals surface area (Å²) in [6.07, 6.45) is 5.53. The normalized spacial score (nSPS) is 10.4. The molecule has 0 saturated carbocycles. The number of anilines is 2. The van der Waals surface area contributed by atoms with E-state index in [0.717, 1.165) is 12.1 Å². The van der Waals surface area contributed by atoms with Crippen molar-refractivity contribution >= 4 is 17.3 Å². The Bertz CT molecular complexity index is 959. The average molecular weight is 369 g/mol. The second kappa shape index (κ2) is 9.40. The molecular weight excluding hydrogens is 346 g/mol. The number of carbonyl (C=O) groups excluding carboxylic acids is 1. The molecule has 0 aliphatic heterocycles. The minimum Gasteiger partial charge on any atom is -0.397 e. The molecule has 1 amide bonds. The van der Waals surface area contributed by atoms with E-state index in [1.54, 1.807) is 12.1 Å². The van der Waals surface area contributed by atoms with Crippen molar-refractivity contribution in [3.8, 4) is 12.3 Å². The quantitative estimate of drug-likeness (QED) is 0.486. The number of hydrogen-bond acceptors (Lipinski definition) is 3. The molecule has 3 aromatic rings. The second-order valence-corrected chi connectivity index (χ2v) is 6.57. The maximum Gasteiger partial charge on any atom is 0.255 e. The fourth-order valence-corrected chi connectivity index (χ4v) is 2.96. The zero-order chi connectivity index (χ0) is 19.8. The first-order valence-electron chi connectivity index (χ1n) is 9.10. The molecule has 0 atom stereocenters. The lowest BCUT2D eigenvalue weighted by Crippen LogP contribution is -2.23. The molecule has 0 aromatic heterocycles. The summed E-state index contributed by atoms with van der Waals surface area (Å²) in [5.74, 6) is 2.53. The summed E-state index contributed by atoms with van der Waals surface area (Å²) < 4.78 is 0. The Hall–Kier alpha value is -3.55. The van der Waals surface area contributed by atoms with Gasteiger partial charge in [0.15, 0.2) is 0 Å². The van der Waals surface area contributed by atoms with Crippen LogP contribution in [0.15, 0.2) is 78.9 Å². The molecule has 0 aliphatic carbocycles. The third-order valence-corrected chi connectivity index (χ3v) is 4.40. The molecule has 0 aliphatic rings. The molecule has 3 rings (SSSR count). The summed E-state index contributed by atoms with van der Waals surface area (Å²) in [5.41, 5.74) is 9.93. The topological polar surface area (TPSA) is 58.4 Å². The molecule has 0 bridgehead atoms. The van der Waals surface area contributed by atoms with Gasteiger partial charge in [-0.2, -0.15) is 0 Å². The molecule has 0 fully saturated rings. The molecule has 3 aromatic carbocycles. The van der Waals surface area contributed by atoms with Gasteiger partial charge in [0.1, 0.15) is 0 Å². The van der Waals surface area contributed by atoms with E-state index in [2.05, 4.69) is 28.3 Å². The van der Waals surface area contributed by atoms with E-state index in [-0.39, 0.29) is 5.91 Å². The van der Waals surface area contributed by atoms with Gasteiger partial charge in [0, 0.05) is 18.7 Å². The number of amides is 1. The SMILES string of the molecule is C#CCN(Cc1ccccc1)Cc1ccc(C(=O)Nc2ccccc2N)cc1. The molecule has 0 spiro atoms. The summed E-state index contributed by atoms with van der Waals surface area (Å²) in [5, 5.41) is 2.84. The monoisotopic (exact) mass is 369 g/mol. The first-order chi connectivity index (χ1) is 13.7. The second-order valence-electron chi connectivity index (χ2n) is 6.57. The van der Waals surface area contributed by atoms with Crippen LogP contribution in [0.2, 0.25) is 0 Å². The maximum absolute atomic E-state index is 12.4. The van der Waals surface area contributed by atoms with E-state index in [4.69, 9.17) is 12.2 Å². The molecule has 3 N–H and O–H groups in total. The smallest absolute Gasteiger partial charge is 0.255 e. The Morgan fingerprint density at radius 3 is 2.14 bits per heavy atom. The predicted octanol–water partition coefficient (Wildman–Crippen LogP) is 4.16. The number of nitrogens with zero attached hydrogens (tertiary/aromatic N) is 1. The number of benzene rings is 3. The van der Waals surface area contributed by atoms with Crippen molar-refractivity contribution in [3.63, 3.8) is 0 Å². The Kier molecular flexibility index (Phi) is 6.46. The first kappa shape index (κ1) is 19.2. The van der Waals surface area contributed by atoms with Crippen molar-refractivity contribution in [2.24, 2.45) is 0 Å². The van der Waals surface area contributed by atoms with Gasteiger partial charge in [-0.25, -0.2) is 0 Å². The van der Waals surface area contributed by atoms with Crippen molar-refractivity contribution in [3.05, 3.63) is 95.6 Å². The lowest BCUT2D eigenvalue weighted by Gasteiger charge is -2.20.